The molecule has 28 heavy (non-hydrogen) atoms. The normalized spacial score (nSPS) is 10.4. The molecule has 2 aromatic carbocycles. The van der Waals surface area contributed by atoms with E-state index in [1.165, 1.54) is 0 Å². The van der Waals surface area contributed by atoms with E-state index in [0.29, 0.717) is 28.7 Å². The van der Waals surface area contributed by atoms with Crippen molar-refractivity contribution in [2.45, 2.75) is 13.5 Å². The number of hydrogen-bond acceptors (Lipinski definition) is 7. The molecule has 0 N–H and O–H groups in total. The van der Waals surface area contributed by atoms with Gasteiger partial charge in [-0.25, -0.2) is 4.79 Å². The molecule has 0 atom stereocenters. The standard InChI is InChI=1S/C21H21NO6/c1-14-5-4-6-17(9-14)26-13-21(23)27-12-16-11-19(28-22-16)15-7-8-18(24-2)20(10-15)25-3/h4-11H,12-13H2,1-3H3. The average molecular weight is 383 g/mol. The van der Waals surface area contributed by atoms with Crippen molar-refractivity contribution in [2.24, 2.45) is 0 Å². The summed E-state index contributed by atoms with van der Waals surface area (Å²) < 4.78 is 26.4. The number of nitrogens with zero attached hydrogens (tertiary/aromatic N) is 1. The molecule has 0 radical (unpaired) electrons. The lowest BCUT2D eigenvalue weighted by atomic mass is 10.1. The van der Waals surface area contributed by atoms with E-state index >= 15 is 0 Å². The van der Waals surface area contributed by atoms with Crippen molar-refractivity contribution in [3.05, 3.63) is 59.8 Å². The molecule has 1 aromatic heterocycles. The average Bonchev–Trinajstić information content (AvgIpc) is 3.19. The van der Waals surface area contributed by atoms with Gasteiger partial charge in [-0.3, -0.25) is 0 Å². The van der Waals surface area contributed by atoms with Crippen molar-refractivity contribution in [2.75, 3.05) is 20.8 Å². The third-order valence-corrected chi connectivity index (χ3v) is 3.95. The first-order chi connectivity index (χ1) is 13.6. The molecule has 0 fully saturated rings. The maximum atomic E-state index is 11.9. The van der Waals surface area contributed by atoms with Gasteiger partial charge >= 0.3 is 5.97 Å². The van der Waals surface area contributed by atoms with Gasteiger partial charge in [-0.05, 0) is 42.8 Å². The molecule has 0 saturated heterocycles. The predicted octanol–water partition coefficient (Wildman–Crippen LogP) is 3.79. The van der Waals surface area contributed by atoms with Crippen LogP contribution in [-0.2, 0) is 16.1 Å². The summed E-state index contributed by atoms with van der Waals surface area (Å²) in [5.41, 5.74) is 2.32. The van der Waals surface area contributed by atoms with Gasteiger partial charge in [0.25, 0.3) is 0 Å². The Morgan fingerprint density at radius 2 is 1.86 bits per heavy atom. The highest BCUT2D eigenvalue weighted by atomic mass is 16.6. The lowest BCUT2D eigenvalue weighted by Crippen LogP contribution is -2.14. The molecule has 1 heterocycles. The van der Waals surface area contributed by atoms with Gasteiger partial charge in [-0.15, -0.1) is 0 Å². The highest BCUT2D eigenvalue weighted by Crippen LogP contribution is 2.32. The van der Waals surface area contributed by atoms with Crippen LogP contribution in [0.4, 0.5) is 0 Å². The molecule has 146 valence electrons. The zero-order chi connectivity index (χ0) is 19.9. The van der Waals surface area contributed by atoms with Crippen LogP contribution in [0.5, 0.6) is 17.2 Å². The summed E-state index contributed by atoms with van der Waals surface area (Å²) >= 11 is 0. The number of aryl methyl sites for hydroxylation is 1. The Bertz CT molecular complexity index is 950. The Labute approximate surface area is 162 Å². The van der Waals surface area contributed by atoms with Crippen LogP contribution in [0.25, 0.3) is 11.3 Å². The molecule has 0 amide bonds. The van der Waals surface area contributed by atoms with Crippen LogP contribution in [-0.4, -0.2) is 32.0 Å². The lowest BCUT2D eigenvalue weighted by Gasteiger charge is -2.07. The van der Waals surface area contributed by atoms with E-state index in [1.807, 2.05) is 31.2 Å². The van der Waals surface area contributed by atoms with E-state index in [0.717, 1.165) is 11.1 Å². The second-order valence-electron chi connectivity index (χ2n) is 6.02. The van der Waals surface area contributed by atoms with Crippen LogP contribution in [0.1, 0.15) is 11.3 Å². The van der Waals surface area contributed by atoms with Gasteiger partial charge in [0.1, 0.15) is 18.1 Å². The minimum atomic E-state index is -0.489. The van der Waals surface area contributed by atoms with Crippen LogP contribution in [0.2, 0.25) is 0 Å². The Hall–Kier alpha value is -3.48. The van der Waals surface area contributed by atoms with E-state index in [-0.39, 0.29) is 13.2 Å². The highest BCUT2D eigenvalue weighted by Gasteiger charge is 2.12. The van der Waals surface area contributed by atoms with Crippen molar-refractivity contribution in [3.63, 3.8) is 0 Å². The zero-order valence-electron chi connectivity index (χ0n) is 15.9. The van der Waals surface area contributed by atoms with Crippen LogP contribution in [0.3, 0.4) is 0 Å². The van der Waals surface area contributed by atoms with E-state index < -0.39 is 5.97 Å². The Morgan fingerprint density at radius 3 is 2.61 bits per heavy atom. The van der Waals surface area contributed by atoms with Gasteiger partial charge in [0.2, 0.25) is 0 Å². The molecule has 7 heteroatoms. The Kier molecular flexibility index (Phi) is 6.16. The second kappa shape index (κ2) is 8.94. The predicted molar refractivity (Wildman–Crippen MR) is 102 cm³/mol. The number of carbonyl (C=O) groups excluding carboxylic acids is 1. The topological polar surface area (TPSA) is 80.0 Å². The van der Waals surface area contributed by atoms with E-state index in [9.17, 15) is 4.79 Å². The fraction of sp³-hybridized carbons (Fsp3) is 0.238. The van der Waals surface area contributed by atoms with Crippen molar-refractivity contribution in [1.29, 1.82) is 0 Å². The number of ether oxygens (including phenoxy) is 4. The summed E-state index contributed by atoms with van der Waals surface area (Å²) in [6.45, 7) is 1.77. The fourth-order valence-corrected chi connectivity index (χ4v) is 2.55. The monoisotopic (exact) mass is 383 g/mol. The summed E-state index contributed by atoms with van der Waals surface area (Å²) in [7, 11) is 3.13. The van der Waals surface area contributed by atoms with Crippen molar-refractivity contribution in [1.82, 2.24) is 5.16 Å². The number of hydrogen-bond donors (Lipinski definition) is 0. The minimum absolute atomic E-state index is 0.00714. The van der Waals surface area contributed by atoms with Gasteiger partial charge in [-0.2, -0.15) is 0 Å². The number of benzene rings is 2. The molecule has 7 nitrogen and oxygen atoms in total. The number of methoxy groups -OCH3 is 2. The summed E-state index contributed by atoms with van der Waals surface area (Å²) in [4.78, 5) is 11.9. The molecule has 0 aliphatic rings. The second-order valence-corrected chi connectivity index (χ2v) is 6.02. The van der Waals surface area contributed by atoms with Crippen LogP contribution in [0.15, 0.2) is 53.1 Å². The lowest BCUT2D eigenvalue weighted by molar-refractivity contribution is -0.147. The van der Waals surface area contributed by atoms with E-state index in [1.54, 1.807) is 38.5 Å². The van der Waals surface area contributed by atoms with Gasteiger partial charge in [-0.1, -0.05) is 17.3 Å². The molecule has 0 aliphatic heterocycles. The summed E-state index contributed by atoms with van der Waals surface area (Å²) in [6.07, 6.45) is 0. The Morgan fingerprint density at radius 1 is 1.04 bits per heavy atom. The number of rotatable bonds is 8. The summed E-state index contributed by atoms with van der Waals surface area (Å²) in [6, 6.07) is 14.5. The molecule has 0 spiro atoms. The third-order valence-electron chi connectivity index (χ3n) is 3.95. The summed E-state index contributed by atoms with van der Waals surface area (Å²) in [5, 5.41) is 3.93. The van der Waals surface area contributed by atoms with E-state index in [4.69, 9.17) is 23.5 Å². The summed E-state index contributed by atoms with van der Waals surface area (Å²) in [5.74, 6) is 1.86. The smallest absolute Gasteiger partial charge is 0.344 e. The van der Waals surface area contributed by atoms with Crippen molar-refractivity contribution < 1.29 is 28.3 Å². The molecular formula is C21H21NO6. The third kappa shape index (κ3) is 4.82. The molecule has 0 bridgehead atoms. The Balaban J connectivity index is 1.55. The first-order valence-electron chi connectivity index (χ1n) is 8.62. The largest absolute Gasteiger partial charge is 0.493 e. The zero-order valence-corrected chi connectivity index (χ0v) is 15.9. The van der Waals surface area contributed by atoms with Gasteiger partial charge in [0, 0.05) is 11.6 Å². The van der Waals surface area contributed by atoms with Gasteiger partial charge < -0.3 is 23.5 Å². The fourth-order valence-electron chi connectivity index (χ4n) is 2.55. The van der Waals surface area contributed by atoms with Gasteiger partial charge in [0.15, 0.2) is 23.9 Å². The number of aromatic nitrogens is 1. The van der Waals surface area contributed by atoms with E-state index in [2.05, 4.69) is 5.16 Å². The molecule has 0 aliphatic carbocycles. The van der Waals surface area contributed by atoms with Crippen LogP contribution in [0, 0.1) is 6.92 Å². The van der Waals surface area contributed by atoms with Crippen LogP contribution >= 0.6 is 0 Å². The first-order valence-corrected chi connectivity index (χ1v) is 8.62. The first kappa shape index (κ1) is 19.3. The number of carbonyl (C=O) groups is 1. The molecule has 0 saturated carbocycles. The minimum Gasteiger partial charge on any atom is -0.493 e. The molecule has 0 unspecified atom stereocenters. The maximum absolute atomic E-state index is 11.9. The van der Waals surface area contributed by atoms with Gasteiger partial charge in [0.05, 0.1) is 14.2 Å². The quantitative estimate of drug-likeness (QED) is 0.548. The molecule has 3 rings (SSSR count). The molecular weight excluding hydrogens is 362 g/mol. The van der Waals surface area contributed by atoms with Crippen molar-refractivity contribution >= 4 is 5.97 Å². The number of esters is 1. The highest BCUT2D eigenvalue weighted by molar-refractivity contribution is 5.71. The van der Waals surface area contributed by atoms with Crippen LogP contribution < -0.4 is 14.2 Å². The maximum Gasteiger partial charge on any atom is 0.344 e. The van der Waals surface area contributed by atoms with Crippen molar-refractivity contribution in [3.8, 4) is 28.6 Å². The molecule has 3 aromatic rings. The SMILES string of the molecule is COc1ccc(-c2cc(COC(=O)COc3cccc(C)c3)no2)cc1OC.